The van der Waals surface area contributed by atoms with Crippen LogP contribution >= 0.6 is 0 Å². The van der Waals surface area contributed by atoms with Crippen molar-refractivity contribution in [1.29, 1.82) is 0 Å². The second-order valence-corrected chi connectivity index (χ2v) is 6.16. The van der Waals surface area contributed by atoms with Crippen molar-refractivity contribution in [1.82, 2.24) is 0 Å². The van der Waals surface area contributed by atoms with E-state index in [0.717, 1.165) is 17.8 Å². The lowest BCUT2D eigenvalue weighted by atomic mass is 9.50. The molecule has 4 aliphatic carbocycles. The Morgan fingerprint density at radius 1 is 0.929 bits per heavy atom. The Hall–Kier alpha value is -0.370. The van der Waals surface area contributed by atoms with E-state index in [-0.39, 0.29) is 6.10 Å². The Labute approximate surface area is 82.7 Å². The van der Waals surface area contributed by atoms with Gasteiger partial charge in [0.15, 0.2) is 0 Å². The summed E-state index contributed by atoms with van der Waals surface area (Å²) in [4.78, 5) is 12.1. The third-order valence-corrected chi connectivity index (χ3v) is 6.36. The standard InChI is InChI=1S/C12H14O2/c13-11-7-3-1-2-4-6-5(3)9(11)10(6)12(14)8(4)7/h3-11,13H,1-2H2/t3-,4+,5-,6+,7+,8-,9+,10?,11+/m0/s1. The highest BCUT2D eigenvalue weighted by atomic mass is 16.3. The smallest absolute Gasteiger partial charge is 0.140 e. The molecule has 0 saturated heterocycles. The number of carbonyl (C=O) groups is 1. The summed E-state index contributed by atoms with van der Waals surface area (Å²) in [6.45, 7) is 0. The van der Waals surface area contributed by atoms with E-state index in [0.29, 0.717) is 35.4 Å². The number of aliphatic hydroxyl groups is 1. The molecule has 2 nitrogen and oxygen atoms in total. The van der Waals surface area contributed by atoms with Gasteiger partial charge in [-0.2, -0.15) is 0 Å². The average Bonchev–Trinajstić information content (AvgIpc) is 2.40. The molecule has 14 heavy (non-hydrogen) atoms. The van der Waals surface area contributed by atoms with Crippen molar-refractivity contribution in [2.24, 2.45) is 47.3 Å². The van der Waals surface area contributed by atoms with E-state index in [1.54, 1.807) is 0 Å². The van der Waals surface area contributed by atoms with Crippen LogP contribution in [0.4, 0.5) is 0 Å². The lowest BCUT2D eigenvalue weighted by molar-refractivity contribution is -0.141. The van der Waals surface area contributed by atoms with Gasteiger partial charge in [-0.15, -0.1) is 0 Å². The van der Waals surface area contributed by atoms with Gasteiger partial charge in [-0.25, -0.2) is 0 Å². The van der Waals surface area contributed by atoms with Crippen LogP contribution in [0, 0.1) is 47.3 Å². The van der Waals surface area contributed by atoms with Crippen LogP contribution in [0.1, 0.15) is 12.8 Å². The molecular formula is C12H14O2. The zero-order valence-electron chi connectivity index (χ0n) is 7.97. The predicted octanol–water partition coefficient (Wildman–Crippen LogP) is 0.694. The van der Waals surface area contributed by atoms with E-state index in [1.807, 2.05) is 0 Å². The first-order valence-corrected chi connectivity index (χ1v) is 6.02. The third-order valence-electron chi connectivity index (χ3n) is 6.36. The van der Waals surface area contributed by atoms with Crippen LogP contribution in [0.5, 0.6) is 0 Å². The van der Waals surface area contributed by atoms with Crippen molar-refractivity contribution in [3.05, 3.63) is 0 Å². The molecule has 0 aromatic rings. The molecule has 0 aliphatic heterocycles. The molecule has 0 heterocycles. The van der Waals surface area contributed by atoms with E-state index in [4.69, 9.17) is 0 Å². The molecule has 2 heteroatoms. The maximum atomic E-state index is 12.1. The van der Waals surface area contributed by atoms with Gasteiger partial charge in [0, 0.05) is 11.8 Å². The number of carbonyl (C=O) groups excluding carboxylic acids is 1. The van der Waals surface area contributed by atoms with Gasteiger partial charge in [-0.1, -0.05) is 0 Å². The van der Waals surface area contributed by atoms with E-state index in [9.17, 15) is 9.90 Å². The highest BCUT2D eigenvalue weighted by Crippen LogP contribution is 2.78. The Bertz CT molecular complexity index is 357. The lowest BCUT2D eigenvalue weighted by Gasteiger charge is -2.53. The SMILES string of the molecule is O=C1C2[C@@H]3[C@H](O)[C@@H]4[C@H]5CC[C@@H]([C@H]14)[C@@H]2[C@H]53. The second kappa shape index (κ2) is 1.71. The molecule has 4 fully saturated rings. The van der Waals surface area contributed by atoms with Crippen molar-refractivity contribution < 1.29 is 9.90 Å². The number of fused-ring (bicyclic) bond motifs is 9. The predicted molar refractivity (Wildman–Crippen MR) is 48.2 cm³/mol. The summed E-state index contributed by atoms with van der Waals surface area (Å²) in [5.74, 6) is 4.89. The molecule has 0 aromatic carbocycles. The van der Waals surface area contributed by atoms with E-state index >= 15 is 0 Å². The topological polar surface area (TPSA) is 37.3 Å². The van der Waals surface area contributed by atoms with Crippen molar-refractivity contribution in [3.63, 3.8) is 0 Å². The van der Waals surface area contributed by atoms with E-state index in [2.05, 4.69) is 0 Å². The molecule has 4 aliphatic rings. The monoisotopic (exact) mass is 190 g/mol. The van der Waals surface area contributed by atoms with Gasteiger partial charge in [-0.3, -0.25) is 4.79 Å². The summed E-state index contributed by atoms with van der Waals surface area (Å²) < 4.78 is 0. The first kappa shape index (κ1) is 7.00. The van der Waals surface area contributed by atoms with Gasteiger partial charge < -0.3 is 5.11 Å². The van der Waals surface area contributed by atoms with Crippen molar-refractivity contribution in [2.75, 3.05) is 0 Å². The Morgan fingerprint density at radius 3 is 2.57 bits per heavy atom. The molecule has 74 valence electrons. The minimum absolute atomic E-state index is 0.0979. The van der Waals surface area contributed by atoms with Crippen molar-refractivity contribution in [3.8, 4) is 0 Å². The zero-order chi connectivity index (χ0) is 9.19. The molecule has 0 amide bonds. The fourth-order valence-corrected chi connectivity index (χ4v) is 6.32. The fraction of sp³-hybridized carbons (Fsp3) is 0.917. The Kier molecular flexibility index (Phi) is 0.853. The van der Waals surface area contributed by atoms with Crippen LogP contribution in [-0.4, -0.2) is 17.0 Å². The largest absolute Gasteiger partial charge is 0.392 e. The molecule has 4 saturated carbocycles. The van der Waals surface area contributed by atoms with E-state index < -0.39 is 0 Å². The van der Waals surface area contributed by atoms with Crippen LogP contribution in [0.25, 0.3) is 0 Å². The van der Waals surface area contributed by atoms with Crippen molar-refractivity contribution >= 4 is 5.78 Å². The molecule has 0 aromatic heterocycles. The molecule has 4 rings (SSSR count). The first-order chi connectivity index (χ1) is 6.80. The quantitative estimate of drug-likeness (QED) is 0.571. The molecule has 0 bridgehead atoms. The third kappa shape index (κ3) is 0.410. The summed E-state index contributed by atoms with van der Waals surface area (Å²) in [5.41, 5.74) is 0. The molecule has 1 unspecified atom stereocenters. The summed E-state index contributed by atoms with van der Waals surface area (Å²) in [5, 5.41) is 10.2. The highest BCUT2D eigenvalue weighted by molar-refractivity contribution is 5.90. The summed E-state index contributed by atoms with van der Waals surface area (Å²) in [6.07, 6.45) is 2.49. The maximum absolute atomic E-state index is 12.1. The number of Topliss-reactive ketones (excluding diaryl/α,β-unsaturated/α-hetero) is 1. The molecule has 1 N–H and O–H groups in total. The lowest BCUT2D eigenvalue weighted by Crippen LogP contribution is -2.52. The summed E-state index contributed by atoms with van der Waals surface area (Å²) in [6, 6.07) is 0. The van der Waals surface area contributed by atoms with Crippen LogP contribution < -0.4 is 0 Å². The van der Waals surface area contributed by atoms with Crippen LogP contribution in [-0.2, 0) is 4.79 Å². The van der Waals surface area contributed by atoms with Gasteiger partial charge >= 0.3 is 0 Å². The average molecular weight is 190 g/mol. The Balaban J connectivity index is 1.82. The molecule has 0 radical (unpaired) electrons. The summed E-state index contributed by atoms with van der Waals surface area (Å²) >= 11 is 0. The zero-order valence-corrected chi connectivity index (χ0v) is 7.97. The number of hydrogen-bond acceptors (Lipinski definition) is 2. The van der Waals surface area contributed by atoms with E-state index in [1.165, 1.54) is 12.8 Å². The first-order valence-electron chi connectivity index (χ1n) is 6.02. The van der Waals surface area contributed by atoms with Gasteiger partial charge in [0.05, 0.1) is 6.10 Å². The molecule has 0 spiro atoms. The minimum Gasteiger partial charge on any atom is -0.392 e. The van der Waals surface area contributed by atoms with Gasteiger partial charge in [0.25, 0.3) is 0 Å². The number of aliphatic hydroxyl groups excluding tert-OH is 1. The normalized spacial score (nSPS) is 75.8. The number of hydrogen-bond donors (Lipinski definition) is 1. The van der Waals surface area contributed by atoms with Gasteiger partial charge in [0.2, 0.25) is 0 Å². The van der Waals surface area contributed by atoms with Gasteiger partial charge in [0.1, 0.15) is 5.78 Å². The number of rotatable bonds is 0. The van der Waals surface area contributed by atoms with Crippen molar-refractivity contribution in [2.45, 2.75) is 18.9 Å². The van der Waals surface area contributed by atoms with Gasteiger partial charge in [-0.05, 0) is 48.3 Å². The minimum atomic E-state index is -0.0979. The van der Waals surface area contributed by atoms with Crippen LogP contribution in [0.3, 0.4) is 0 Å². The fourth-order valence-electron chi connectivity index (χ4n) is 6.32. The second-order valence-electron chi connectivity index (χ2n) is 6.16. The Morgan fingerprint density at radius 2 is 1.71 bits per heavy atom. The highest BCUT2D eigenvalue weighted by Gasteiger charge is 2.80. The molecule has 9 atom stereocenters. The summed E-state index contributed by atoms with van der Waals surface area (Å²) in [7, 11) is 0. The maximum Gasteiger partial charge on any atom is 0.140 e. The number of ketones is 1. The van der Waals surface area contributed by atoms with Crippen LogP contribution in [0.2, 0.25) is 0 Å². The van der Waals surface area contributed by atoms with Crippen LogP contribution in [0.15, 0.2) is 0 Å². The molecular weight excluding hydrogens is 176 g/mol.